The third-order valence-corrected chi connectivity index (χ3v) is 20.2. The van der Waals surface area contributed by atoms with Gasteiger partial charge in [-0.05, 0) is 31.6 Å². The zero-order chi connectivity index (χ0) is 71.2. The number of carbonyl (C=O) groups excluding carboxylic acids is 4. The van der Waals surface area contributed by atoms with Gasteiger partial charge in [-0.2, -0.15) is 0 Å². The van der Waals surface area contributed by atoms with Crippen molar-refractivity contribution in [2.24, 2.45) is 5.92 Å². The molecule has 0 saturated carbocycles. The summed E-state index contributed by atoms with van der Waals surface area (Å²) in [5.41, 5.74) is 0. The molecule has 17 nitrogen and oxygen atoms in total. The van der Waals surface area contributed by atoms with E-state index in [1.165, 1.54) is 238 Å². The van der Waals surface area contributed by atoms with Crippen LogP contribution in [0, 0.1) is 5.92 Å². The lowest BCUT2D eigenvalue weighted by Gasteiger charge is -2.21. The predicted octanol–water partition coefficient (Wildman–Crippen LogP) is 23.3. The number of hydrogen-bond donors (Lipinski definition) is 3. The number of rotatable bonds is 78. The molecule has 2 unspecified atom stereocenters. The topological polar surface area (TPSA) is 237 Å². The average molecular weight is 1420 g/mol. The molecule has 97 heavy (non-hydrogen) atoms. The number of aliphatic hydroxyl groups excluding tert-OH is 1. The van der Waals surface area contributed by atoms with Crippen molar-refractivity contribution in [1.29, 1.82) is 0 Å². The van der Waals surface area contributed by atoms with Crippen molar-refractivity contribution in [2.45, 2.75) is 432 Å². The molecule has 0 aliphatic carbocycles. The zero-order valence-corrected chi connectivity index (χ0v) is 65.0. The van der Waals surface area contributed by atoms with Crippen molar-refractivity contribution in [3.63, 3.8) is 0 Å². The van der Waals surface area contributed by atoms with Crippen LogP contribution < -0.4 is 0 Å². The van der Waals surface area contributed by atoms with E-state index < -0.39 is 97.5 Å². The summed E-state index contributed by atoms with van der Waals surface area (Å²) in [6.07, 6.45) is 61.0. The van der Waals surface area contributed by atoms with E-state index in [4.69, 9.17) is 37.0 Å². The van der Waals surface area contributed by atoms with Gasteiger partial charge in [0.1, 0.15) is 19.3 Å². The number of phosphoric ester groups is 2. The number of carbonyl (C=O) groups is 4. The fraction of sp³-hybridized carbons (Fsp3) is 0.949. The third kappa shape index (κ3) is 72.2. The van der Waals surface area contributed by atoms with Crippen LogP contribution in [0.1, 0.15) is 413 Å². The van der Waals surface area contributed by atoms with Gasteiger partial charge in [0.05, 0.1) is 26.4 Å². The molecule has 0 radical (unpaired) electrons. The third-order valence-electron chi connectivity index (χ3n) is 18.3. The van der Waals surface area contributed by atoms with Crippen molar-refractivity contribution in [1.82, 2.24) is 0 Å². The first-order chi connectivity index (χ1) is 47.0. The summed E-state index contributed by atoms with van der Waals surface area (Å²) in [4.78, 5) is 72.8. The molecule has 0 fully saturated rings. The minimum absolute atomic E-state index is 0.108. The lowest BCUT2D eigenvalue weighted by molar-refractivity contribution is -0.161. The van der Waals surface area contributed by atoms with Crippen LogP contribution in [0.3, 0.4) is 0 Å². The van der Waals surface area contributed by atoms with E-state index in [0.29, 0.717) is 25.7 Å². The normalized spacial score (nSPS) is 13.9. The molecule has 0 spiro atoms. The van der Waals surface area contributed by atoms with E-state index >= 15 is 0 Å². The lowest BCUT2D eigenvalue weighted by atomic mass is 10.0. The van der Waals surface area contributed by atoms with Gasteiger partial charge in [0.2, 0.25) is 0 Å². The van der Waals surface area contributed by atoms with Gasteiger partial charge < -0.3 is 33.8 Å². The molecule has 0 amide bonds. The molecule has 0 aromatic rings. The van der Waals surface area contributed by atoms with Crippen molar-refractivity contribution in [3.05, 3.63) is 0 Å². The summed E-state index contributed by atoms with van der Waals surface area (Å²) < 4.78 is 68.6. The monoisotopic (exact) mass is 1420 g/mol. The van der Waals surface area contributed by atoms with Gasteiger partial charge in [-0.1, -0.05) is 362 Å². The second-order valence-corrected chi connectivity index (χ2v) is 31.5. The van der Waals surface area contributed by atoms with Crippen LogP contribution in [-0.4, -0.2) is 96.7 Å². The maximum atomic E-state index is 13.1. The molecule has 0 aliphatic heterocycles. The highest BCUT2D eigenvalue weighted by Crippen LogP contribution is 2.45. The largest absolute Gasteiger partial charge is 0.472 e. The second kappa shape index (κ2) is 71.1. The summed E-state index contributed by atoms with van der Waals surface area (Å²) in [6.45, 7) is 7.33. The quantitative estimate of drug-likeness (QED) is 0.0222. The number of unbranched alkanes of at least 4 members (excludes halogenated alkanes) is 50. The van der Waals surface area contributed by atoms with Crippen LogP contribution in [-0.2, 0) is 65.4 Å². The van der Waals surface area contributed by atoms with Gasteiger partial charge >= 0.3 is 39.5 Å². The molecule has 0 saturated heterocycles. The van der Waals surface area contributed by atoms with Gasteiger partial charge in [0.15, 0.2) is 12.2 Å². The molecular weight excluding hydrogens is 1270 g/mol. The maximum Gasteiger partial charge on any atom is 0.472 e. The average Bonchev–Trinajstić information content (AvgIpc) is 1.56. The highest BCUT2D eigenvalue weighted by Gasteiger charge is 2.30. The summed E-state index contributed by atoms with van der Waals surface area (Å²) in [7, 11) is -9.91. The molecule has 0 aromatic heterocycles. The highest BCUT2D eigenvalue weighted by molar-refractivity contribution is 7.47. The molecule has 0 aromatic carbocycles. The maximum absolute atomic E-state index is 13.1. The molecule has 0 heterocycles. The second-order valence-electron chi connectivity index (χ2n) is 28.6. The number of phosphoric acid groups is 2. The summed E-state index contributed by atoms with van der Waals surface area (Å²) in [5, 5.41) is 10.6. The molecule has 0 rings (SSSR count). The van der Waals surface area contributed by atoms with E-state index in [1.54, 1.807) is 0 Å². The van der Waals surface area contributed by atoms with Gasteiger partial charge in [0.25, 0.3) is 0 Å². The van der Waals surface area contributed by atoms with Crippen molar-refractivity contribution >= 4 is 39.5 Å². The number of ether oxygens (including phenoxy) is 4. The van der Waals surface area contributed by atoms with Gasteiger partial charge in [-0.25, -0.2) is 9.13 Å². The molecule has 0 aliphatic rings. The highest BCUT2D eigenvalue weighted by atomic mass is 31.2. The van der Waals surface area contributed by atoms with Crippen LogP contribution in [0.25, 0.3) is 0 Å². The molecule has 576 valence electrons. The van der Waals surface area contributed by atoms with Gasteiger partial charge in [-0.3, -0.25) is 37.3 Å². The summed E-state index contributed by atoms with van der Waals surface area (Å²) in [6, 6.07) is 0. The van der Waals surface area contributed by atoms with E-state index in [9.17, 15) is 43.2 Å². The van der Waals surface area contributed by atoms with E-state index in [2.05, 4.69) is 34.6 Å². The van der Waals surface area contributed by atoms with Gasteiger partial charge in [0, 0.05) is 25.7 Å². The molecule has 19 heteroatoms. The minimum atomic E-state index is -4.96. The predicted molar refractivity (Wildman–Crippen MR) is 395 cm³/mol. The fourth-order valence-electron chi connectivity index (χ4n) is 12.1. The Kier molecular flexibility index (Phi) is 69.6. The Morgan fingerprint density at radius 3 is 0.701 bits per heavy atom. The summed E-state index contributed by atoms with van der Waals surface area (Å²) >= 11 is 0. The van der Waals surface area contributed by atoms with E-state index in [-0.39, 0.29) is 25.7 Å². The molecule has 0 bridgehead atoms. The van der Waals surface area contributed by atoms with Crippen LogP contribution >= 0.6 is 15.6 Å². The summed E-state index contributed by atoms with van der Waals surface area (Å²) in [5.74, 6) is -1.30. The fourth-order valence-corrected chi connectivity index (χ4v) is 13.6. The minimum Gasteiger partial charge on any atom is -0.462 e. The van der Waals surface area contributed by atoms with Crippen LogP contribution in [0.2, 0.25) is 0 Å². The first-order valence-electron chi connectivity index (χ1n) is 40.6. The molecule has 5 atom stereocenters. The number of hydrogen-bond acceptors (Lipinski definition) is 15. The Hall–Kier alpha value is -1.94. The lowest BCUT2D eigenvalue weighted by Crippen LogP contribution is -2.30. The van der Waals surface area contributed by atoms with Crippen LogP contribution in [0.15, 0.2) is 0 Å². The van der Waals surface area contributed by atoms with Crippen molar-refractivity contribution < 1.29 is 80.2 Å². The van der Waals surface area contributed by atoms with Crippen molar-refractivity contribution in [2.75, 3.05) is 39.6 Å². The SMILES string of the molecule is CCCCCCCCCCCCCCCCCCC(=O)OC[C@H](COP(=O)(O)OC[C@@H](O)COP(=O)(O)OC[C@@H](COC(=O)CCCCCCCCCCC)OC(=O)CCCCCCCCCCCCCCC)OC(=O)CCCCCCCCCCCCCCCCCCC(C)C. The Balaban J connectivity index is 5.22. The Morgan fingerprint density at radius 2 is 0.474 bits per heavy atom. The van der Waals surface area contributed by atoms with Crippen molar-refractivity contribution in [3.8, 4) is 0 Å². The van der Waals surface area contributed by atoms with Gasteiger partial charge in [-0.15, -0.1) is 0 Å². The van der Waals surface area contributed by atoms with E-state index in [0.717, 1.165) is 95.8 Å². The molecule has 3 N–H and O–H groups in total. The standard InChI is InChI=1S/C78H152O17P2/c1-6-9-12-15-18-21-23-25-26-30-34-37-42-47-52-57-62-76(81)89-68-74(95-78(83)64-59-54-49-44-39-35-31-28-27-29-33-36-41-45-50-55-60-71(4)5)70-93-97(86,87)91-66-72(79)65-90-96(84,85)92-69-73(67-88-75(80)61-56-51-46-40-20-17-14-11-8-3)94-77(82)63-58-53-48-43-38-32-24-22-19-16-13-10-7-2/h71-74,79H,6-70H2,1-5H3,(H,84,85)(H,86,87)/t72-,73+,74+/m0/s1. The smallest absolute Gasteiger partial charge is 0.462 e. The first-order valence-corrected chi connectivity index (χ1v) is 43.6. The Morgan fingerprint density at radius 1 is 0.278 bits per heavy atom. The first kappa shape index (κ1) is 95.1. The Bertz CT molecular complexity index is 1860. The molecular formula is C78H152O17P2. The zero-order valence-electron chi connectivity index (χ0n) is 63.2. The van der Waals surface area contributed by atoms with Crippen LogP contribution in [0.4, 0.5) is 0 Å². The van der Waals surface area contributed by atoms with E-state index in [1.807, 2.05) is 0 Å². The number of esters is 4. The number of aliphatic hydroxyl groups is 1. The van der Waals surface area contributed by atoms with Crippen LogP contribution in [0.5, 0.6) is 0 Å². The Labute approximate surface area is 594 Å².